The number of methoxy groups -OCH3 is 1. The lowest BCUT2D eigenvalue weighted by Crippen LogP contribution is -2.42. The van der Waals surface area contributed by atoms with E-state index in [1.807, 2.05) is 31.3 Å². The molecule has 3 heterocycles. The Bertz CT molecular complexity index is 1280. The molecule has 13 nitrogen and oxygen atoms in total. The van der Waals surface area contributed by atoms with Crippen LogP contribution < -0.4 is 4.74 Å². The maximum Gasteiger partial charge on any atom is 0.336 e. The van der Waals surface area contributed by atoms with E-state index in [2.05, 4.69) is 33.3 Å². The van der Waals surface area contributed by atoms with E-state index in [-0.39, 0.29) is 6.10 Å². The summed E-state index contributed by atoms with van der Waals surface area (Å²) in [5.41, 5.74) is 0.554. The highest BCUT2D eigenvalue weighted by Crippen LogP contribution is 2.26. The van der Waals surface area contributed by atoms with E-state index < -0.39 is 36.4 Å². The van der Waals surface area contributed by atoms with Crippen LogP contribution in [0.3, 0.4) is 0 Å². The fourth-order valence-corrected chi connectivity index (χ4v) is 4.45. The lowest BCUT2D eigenvalue weighted by Gasteiger charge is -2.24. The van der Waals surface area contributed by atoms with Gasteiger partial charge < -0.3 is 34.3 Å². The van der Waals surface area contributed by atoms with Crippen molar-refractivity contribution in [3.8, 4) is 17.0 Å². The number of aliphatic hydroxyl groups is 1. The lowest BCUT2D eigenvalue weighted by molar-refractivity contribution is -0.170. The summed E-state index contributed by atoms with van der Waals surface area (Å²) in [7, 11) is 1.68. The predicted molar refractivity (Wildman–Crippen MR) is 144 cm³/mol. The van der Waals surface area contributed by atoms with Gasteiger partial charge in [-0.3, -0.25) is 19.6 Å². The Labute approximate surface area is 236 Å². The number of aromatic nitrogens is 2. The number of carboxylic acid groups (broad SMARTS) is 3. The lowest BCUT2D eigenvalue weighted by atomic mass is 9.96. The van der Waals surface area contributed by atoms with Crippen molar-refractivity contribution in [2.75, 3.05) is 20.3 Å². The van der Waals surface area contributed by atoms with Crippen molar-refractivity contribution in [2.45, 2.75) is 57.4 Å². The number of aliphatic carboxylic acids is 3. The molecule has 1 fully saturated rings. The summed E-state index contributed by atoms with van der Waals surface area (Å²) in [6.45, 7) is 5.25. The van der Waals surface area contributed by atoms with E-state index in [9.17, 15) is 14.4 Å². The molecule has 0 radical (unpaired) electrons. The highest BCUT2D eigenvalue weighted by molar-refractivity contribution is 5.88. The largest absolute Gasteiger partial charge is 0.497 e. The topological polar surface area (TPSA) is 196 Å². The molecule has 0 saturated carbocycles. The van der Waals surface area contributed by atoms with Gasteiger partial charge in [0, 0.05) is 30.8 Å². The average molecular weight is 574 g/mol. The van der Waals surface area contributed by atoms with Gasteiger partial charge in [0.2, 0.25) is 0 Å². The van der Waals surface area contributed by atoms with Crippen molar-refractivity contribution in [3.63, 3.8) is 0 Å². The van der Waals surface area contributed by atoms with Gasteiger partial charge in [0.1, 0.15) is 17.3 Å². The quantitative estimate of drug-likeness (QED) is 0.201. The Morgan fingerprint density at radius 1 is 1.07 bits per heavy atom. The van der Waals surface area contributed by atoms with Crippen LogP contribution >= 0.6 is 0 Å². The molecule has 1 unspecified atom stereocenters. The number of benzene rings is 1. The van der Waals surface area contributed by atoms with Gasteiger partial charge in [0.15, 0.2) is 5.60 Å². The van der Waals surface area contributed by atoms with Crippen LogP contribution in [0.2, 0.25) is 0 Å². The second kappa shape index (κ2) is 14.4. The molecule has 1 aliphatic rings. The van der Waals surface area contributed by atoms with Crippen molar-refractivity contribution in [1.82, 2.24) is 15.1 Å². The van der Waals surface area contributed by atoms with Gasteiger partial charge in [0.05, 0.1) is 44.5 Å². The first-order valence-electron chi connectivity index (χ1n) is 12.9. The third-order valence-electron chi connectivity index (χ3n) is 6.44. The van der Waals surface area contributed by atoms with Gasteiger partial charge in [-0.15, -0.1) is 0 Å². The molecule has 222 valence electrons. The van der Waals surface area contributed by atoms with Crippen LogP contribution in [0, 0.1) is 6.92 Å². The number of rotatable bonds is 13. The van der Waals surface area contributed by atoms with Crippen molar-refractivity contribution in [3.05, 3.63) is 59.7 Å². The Kier molecular flexibility index (Phi) is 11.0. The van der Waals surface area contributed by atoms with Gasteiger partial charge in [-0.1, -0.05) is 0 Å². The highest BCUT2D eigenvalue weighted by atomic mass is 16.5. The van der Waals surface area contributed by atoms with Gasteiger partial charge in [-0.25, -0.2) is 4.79 Å². The number of furan rings is 1. The summed E-state index contributed by atoms with van der Waals surface area (Å²) in [5, 5.41) is 41.3. The summed E-state index contributed by atoms with van der Waals surface area (Å²) in [6, 6.07) is 12.1. The molecule has 0 spiro atoms. The molecule has 0 aliphatic carbocycles. The molecule has 2 aromatic heterocycles. The SMILES string of the molecule is COc1ccc(-c2[nH]ncc2CN(Cc2ccc(C)o2)CC2CCCO2)cc1.O=C(O)CC(O)(CC(=O)O)C(=O)O. The zero-order chi connectivity index (χ0) is 30.0. The third-order valence-corrected chi connectivity index (χ3v) is 6.44. The fraction of sp³-hybridized carbons (Fsp3) is 0.429. The Morgan fingerprint density at radius 2 is 1.76 bits per heavy atom. The molecule has 5 N–H and O–H groups in total. The van der Waals surface area contributed by atoms with E-state index in [0.29, 0.717) is 0 Å². The van der Waals surface area contributed by atoms with Crippen molar-refractivity contribution < 1.29 is 48.7 Å². The molecule has 41 heavy (non-hydrogen) atoms. The van der Waals surface area contributed by atoms with Crippen LogP contribution in [0.5, 0.6) is 5.75 Å². The second-order valence-corrected chi connectivity index (χ2v) is 9.79. The van der Waals surface area contributed by atoms with E-state index in [0.717, 1.165) is 73.2 Å². The summed E-state index contributed by atoms with van der Waals surface area (Å²) in [5.74, 6) is -2.26. The minimum atomic E-state index is -2.74. The number of hydrogen-bond acceptors (Lipinski definition) is 9. The molecule has 4 rings (SSSR count). The standard InChI is InChI=1S/C22H27N3O3.C6H8O7/c1-16-5-8-21(28-16)15-25(14-20-4-3-11-27-20)13-18-12-23-24-22(18)17-6-9-19(26-2)10-7-17;7-3(8)1-6(13,5(11)12)2-4(9)10/h5-10,12,20H,3-4,11,13-15H2,1-2H3,(H,23,24);13H,1-2H2,(H,7,8)(H,9,10)(H,11,12). The maximum absolute atomic E-state index is 10.3. The summed E-state index contributed by atoms with van der Waals surface area (Å²) >= 11 is 0. The molecule has 0 amide bonds. The van der Waals surface area contributed by atoms with Crippen LogP contribution in [-0.2, 0) is 32.2 Å². The van der Waals surface area contributed by atoms with Crippen LogP contribution in [0.1, 0.15) is 42.8 Å². The first-order chi connectivity index (χ1) is 19.5. The fourth-order valence-electron chi connectivity index (χ4n) is 4.45. The van der Waals surface area contributed by atoms with Crippen LogP contribution in [0.4, 0.5) is 0 Å². The number of carbonyl (C=O) groups is 3. The number of aromatic amines is 1. The summed E-state index contributed by atoms with van der Waals surface area (Å²) < 4.78 is 17.0. The average Bonchev–Trinajstić information content (AvgIpc) is 3.67. The molecular weight excluding hydrogens is 538 g/mol. The van der Waals surface area contributed by atoms with Crippen LogP contribution in [0.15, 0.2) is 47.0 Å². The molecule has 0 bridgehead atoms. The first-order valence-corrected chi connectivity index (χ1v) is 12.9. The number of carboxylic acids is 3. The molecule has 1 saturated heterocycles. The van der Waals surface area contributed by atoms with E-state index in [1.54, 1.807) is 7.11 Å². The van der Waals surface area contributed by atoms with Crippen LogP contribution in [-0.4, -0.2) is 85.4 Å². The van der Waals surface area contributed by atoms with Gasteiger partial charge in [-0.05, 0) is 56.2 Å². The molecule has 13 heteroatoms. The van der Waals surface area contributed by atoms with E-state index in [4.69, 9.17) is 34.3 Å². The Balaban J connectivity index is 0.000000302. The number of nitrogens with one attached hydrogen (secondary N) is 1. The van der Waals surface area contributed by atoms with E-state index in [1.165, 1.54) is 0 Å². The van der Waals surface area contributed by atoms with Gasteiger partial charge in [0.25, 0.3) is 0 Å². The Hall–Kier alpha value is -4.20. The monoisotopic (exact) mass is 573 g/mol. The minimum absolute atomic E-state index is 0.285. The maximum atomic E-state index is 10.3. The molecule has 3 aromatic rings. The predicted octanol–water partition coefficient (Wildman–Crippen LogP) is 2.92. The zero-order valence-corrected chi connectivity index (χ0v) is 22.9. The normalized spacial score (nSPS) is 14.9. The number of H-pyrrole nitrogens is 1. The summed E-state index contributed by atoms with van der Waals surface area (Å²) in [4.78, 5) is 32.9. The van der Waals surface area contributed by atoms with Crippen LogP contribution in [0.25, 0.3) is 11.3 Å². The minimum Gasteiger partial charge on any atom is -0.497 e. The second-order valence-electron chi connectivity index (χ2n) is 9.79. The third kappa shape index (κ3) is 9.45. The smallest absolute Gasteiger partial charge is 0.336 e. The first kappa shape index (κ1) is 31.3. The molecule has 1 aromatic carbocycles. The van der Waals surface area contributed by atoms with E-state index >= 15 is 0 Å². The van der Waals surface area contributed by atoms with Gasteiger partial charge >= 0.3 is 17.9 Å². The summed E-state index contributed by atoms with van der Waals surface area (Å²) in [6.07, 6.45) is 2.16. The van der Waals surface area contributed by atoms with Gasteiger partial charge in [-0.2, -0.15) is 5.10 Å². The molecular formula is C28H35N3O10. The molecule has 1 aliphatic heterocycles. The molecule has 1 atom stereocenters. The Morgan fingerprint density at radius 3 is 2.27 bits per heavy atom. The van der Waals surface area contributed by atoms with Crippen molar-refractivity contribution >= 4 is 17.9 Å². The zero-order valence-electron chi connectivity index (χ0n) is 22.9. The highest BCUT2D eigenvalue weighted by Gasteiger charge is 2.40. The number of nitrogens with zero attached hydrogens (tertiary/aromatic N) is 2. The number of ether oxygens (including phenoxy) is 2. The number of hydrogen-bond donors (Lipinski definition) is 5. The van der Waals surface area contributed by atoms with Crippen molar-refractivity contribution in [1.29, 1.82) is 0 Å². The number of aryl methyl sites for hydroxylation is 1. The van der Waals surface area contributed by atoms with Crippen molar-refractivity contribution in [2.24, 2.45) is 0 Å².